The molecule has 0 bridgehead atoms. The molecule has 1 aliphatic rings. The Morgan fingerprint density at radius 2 is 2.15 bits per heavy atom. The monoisotopic (exact) mass is 314 g/mol. The first-order valence-electron chi connectivity index (χ1n) is 6.54. The second kappa shape index (κ2) is 7.40. The Morgan fingerprint density at radius 1 is 1.50 bits per heavy atom. The van der Waals surface area contributed by atoms with Crippen LogP contribution in [-0.4, -0.2) is 60.0 Å². The lowest BCUT2D eigenvalue weighted by molar-refractivity contribution is -0.174. The van der Waals surface area contributed by atoms with E-state index in [-0.39, 0.29) is 18.7 Å². The lowest BCUT2D eigenvalue weighted by atomic mass is 10.2. The van der Waals surface area contributed by atoms with Crippen molar-refractivity contribution in [3.05, 3.63) is 0 Å². The molecule has 0 spiro atoms. The van der Waals surface area contributed by atoms with E-state index in [1.54, 1.807) is 11.8 Å². The normalized spacial score (nSPS) is 25.4. The molecule has 0 aliphatic carbocycles. The fourth-order valence-corrected chi connectivity index (χ4v) is 3.01. The number of nitrogens with one attached hydrogen (secondary N) is 1. The van der Waals surface area contributed by atoms with Gasteiger partial charge in [0.2, 0.25) is 0 Å². The summed E-state index contributed by atoms with van der Waals surface area (Å²) in [4.78, 5) is 13.8. The second-order valence-electron chi connectivity index (χ2n) is 4.99. The van der Waals surface area contributed by atoms with Crippen LogP contribution in [0.1, 0.15) is 20.8 Å². The second-order valence-corrected chi connectivity index (χ2v) is 6.48. The molecule has 0 aromatic carbocycles. The van der Waals surface area contributed by atoms with Crippen molar-refractivity contribution in [2.45, 2.75) is 44.3 Å². The molecule has 3 atom stereocenters. The van der Waals surface area contributed by atoms with Gasteiger partial charge in [-0.2, -0.15) is 24.9 Å². The molecule has 118 valence electrons. The highest BCUT2D eigenvalue weighted by Gasteiger charge is 2.30. The minimum absolute atomic E-state index is 0.108. The van der Waals surface area contributed by atoms with Crippen molar-refractivity contribution in [3.63, 3.8) is 0 Å². The van der Waals surface area contributed by atoms with Crippen molar-refractivity contribution in [1.82, 2.24) is 10.2 Å². The molecular formula is C12H21F3N2O2S. The van der Waals surface area contributed by atoms with E-state index >= 15 is 0 Å². The summed E-state index contributed by atoms with van der Waals surface area (Å²) in [6.45, 7) is 4.86. The average molecular weight is 314 g/mol. The first-order valence-corrected chi connectivity index (χ1v) is 7.59. The van der Waals surface area contributed by atoms with Gasteiger partial charge in [0.05, 0.1) is 12.6 Å². The fraction of sp³-hybridized carbons (Fsp3) is 0.917. The van der Waals surface area contributed by atoms with Gasteiger partial charge in [-0.3, -0.25) is 0 Å². The smallest absolute Gasteiger partial charge is 0.370 e. The van der Waals surface area contributed by atoms with Crippen molar-refractivity contribution in [1.29, 1.82) is 0 Å². The van der Waals surface area contributed by atoms with E-state index in [2.05, 4.69) is 17.0 Å². The molecule has 4 nitrogen and oxygen atoms in total. The van der Waals surface area contributed by atoms with Crippen LogP contribution in [0.2, 0.25) is 0 Å². The third-order valence-electron chi connectivity index (χ3n) is 3.15. The molecule has 0 aromatic heterocycles. The topological polar surface area (TPSA) is 41.6 Å². The van der Waals surface area contributed by atoms with E-state index in [4.69, 9.17) is 0 Å². The van der Waals surface area contributed by atoms with Gasteiger partial charge in [0.25, 0.3) is 0 Å². The third-order valence-corrected chi connectivity index (χ3v) is 4.49. The minimum atomic E-state index is -4.34. The molecular weight excluding hydrogens is 293 g/mol. The van der Waals surface area contributed by atoms with E-state index in [0.717, 1.165) is 5.75 Å². The van der Waals surface area contributed by atoms with Gasteiger partial charge >= 0.3 is 12.2 Å². The first kappa shape index (κ1) is 17.4. The summed E-state index contributed by atoms with van der Waals surface area (Å²) >= 11 is 1.81. The molecule has 1 saturated heterocycles. The Morgan fingerprint density at radius 3 is 2.75 bits per heavy atom. The van der Waals surface area contributed by atoms with Crippen LogP contribution in [0.25, 0.3) is 0 Å². The van der Waals surface area contributed by atoms with E-state index in [9.17, 15) is 18.0 Å². The van der Waals surface area contributed by atoms with Crippen molar-refractivity contribution in [2.24, 2.45) is 0 Å². The van der Waals surface area contributed by atoms with E-state index in [1.807, 2.05) is 18.7 Å². The number of alkyl halides is 3. The van der Waals surface area contributed by atoms with Crippen molar-refractivity contribution < 1.29 is 22.7 Å². The van der Waals surface area contributed by atoms with Crippen molar-refractivity contribution >= 4 is 17.8 Å². The molecule has 0 radical (unpaired) electrons. The molecule has 1 N–H and O–H groups in total. The molecule has 0 aromatic rings. The summed E-state index contributed by atoms with van der Waals surface area (Å²) in [5.41, 5.74) is 0. The number of nitrogens with zero attached hydrogens (tertiary/aromatic N) is 1. The molecule has 8 heteroatoms. The summed E-state index contributed by atoms with van der Waals surface area (Å²) in [6, 6.07) is -0.591. The Balaban J connectivity index is 2.34. The van der Waals surface area contributed by atoms with E-state index in [1.165, 1.54) is 0 Å². The van der Waals surface area contributed by atoms with Crippen LogP contribution in [0.5, 0.6) is 0 Å². The van der Waals surface area contributed by atoms with Crippen LogP contribution in [0.3, 0.4) is 0 Å². The molecule has 1 heterocycles. The number of carbonyl (C=O) groups is 1. The number of halogens is 3. The van der Waals surface area contributed by atoms with E-state index in [0.29, 0.717) is 11.8 Å². The summed E-state index contributed by atoms with van der Waals surface area (Å²) in [6.07, 6.45) is -4.34. The van der Waals surface area contributed by atoms with E-state index < -0.39 is 18.8 Å². The summed E-state index contributed by atoms with van der Waals surface area (Å²) < 4.78 is 40.3. The molecule has 20 heavy (non-hydrogen) atoms. The Kier molecular flexibility index (Phi) is 6.44. The van der Waals surface area contributed by atoms with Gasteiger partial charge < -0.3 is 15.0 Å². The number of ether oxygens (including phenoxy) is 1. The lowest BCUT2D eigenvalue weighted by Crippen LogP contribution is -2.54. The lowest BCUT2D eigenvalue weighted by Gasteiger charge is -2.38. The largest absolute Gasteiger partial charge is 0.411 e. The summed E-state index contributed by atoms with van der Waals surface area (Å²) in [5.74, 6) is 0.873. The van der Waals surface area contributed by atoms with Gasteiger partial charge in [0.15, 0.2) is 0 Å². The zero-order valence-electron chi connectivity index (χ0n) is 11.9. The van der Waals surface area contributed by atoms with Crippen molar-refractivity contribution in [3.8, 4) is 0 Å². The zero-order valence-corrected chi connectivity index (χ0v) is 12.7. The zero-order chi connectivity index (χ0) is 15.3. The Hall–Kier alpha value is -0.630. The number of urea groups is 1. The predicted octanol–water partition coefficient (Wildman–Crippen LogP) is 2.49. The average Bonchev–Trinajstić information content (AvgIpc) is 2.30. The molecule has 1 fully saturated rings. The number of hydrogen-bond acceptors (Lipinski definition) is 3. The maximum atomic E-state index is 12.1. The fourth-order valence-electron chi connectivity index (χ4n) is 1.91. The Labute approximate surface area is 121 Å². The van der Waals surface area contributed by atoms with Crippen LogP contribution in [0, 0.1) is 0 Å². The number of thioether (sulfide) groups is 1. The van der Waals surface area contributed by atoms with Crippen LogP contribution in [0.4, 0.5) is 18.0 Å². The van der Waals surface area contributed by atoms with Crippen LogP contribution < -0.4 is 5.32 Å². The van der Waals surface area contributed by atoms with Crippen LogP contribution in [0.15, 0.2) is 0 Å². The minimum Gasteiger partial charge on any atom is -0.370 e. The predicted molar refractivity (Wildman–Crippen MR) is 73.0 cm³/mol. The van der Waals surface area contributed by atoms with Gasteiger partial charge in [-0.1, -0.05) is 6.92 Å². The maximum Gasteiger partial charge on any atom is 0.411 e. The standard InChI is InChI=1S/C12H21F3N2O2S/c1-8(6-19-7-12(13,14)15)16-11(18)17-4-5-20-10(3)9(17)2/h8-10H,4-7H2,1-3H3,(H,16,18)/t8-,9+,10-/m0/s1. The van der Waals surface area contributed by atoms with Gasteiger partial charge in [0, 0.05) is 23.6 Å². The molecule has 1 rings (SSSR count). The molecule has 1 aliphatic heterocycles. The van der Waals surface area contributed by atoms with Gasteiger partial charge in [-0.05, 0) is 13.8 Å². The SMILES string of the molecule is C[C@@H]1SCCN(C(=O)N[C@@H](C)COCC(F)(F)F)[C@@H]1C. The first-order chi connectivity index (χ1) is 9.20. The number of amides is 2. The highest BCUT2D eigenvalue weighted by atomic mass is 32.2. The summed E-state index contributed by atoms with van der Waals surface area (Å²) in [7, 11) is 0. The third kappa shape index (κ3) is 5.78. The highest BCUT2D eigenvalue weighted by molar-refractivity contribution is 8.00. The van der Waals surface area contributed by atoms with Crippen LogP contribution in [-0.2, 0) is 4.74 Å². The maximum absolute atomic E-state index is 12.1. The van der Waals surface area contributed by atoms with Crippen LogP contribution >= 0.6 is 11.8 Å². The van der Waals surface area contributed by atoms with Crippen molar-refractivity contribution in [2.75, 3.05) is 25.5 Å². The molecule has 2 amide bonds. The van der Waals surface area contributed by atoms with Gasteiger partial charge in [-0.25, -0.2) is 4.79 Å². The number of hydrogen-bond donors (Lipinski definition) is 1. The molecule has 0 unspecified atom stereocenters. The summed E-state index contributed by atoms with van der Waals surface area (Å²) in [5, 5.41) is 3.03. The number of carbonyl (C=O) groups excluding carboxylic acids is 1. The van der Waals surface area contributed by atoms with Gasteiger partial charge in [0.1, 0.15) is 6.61 Å². The van der Waals surface area contributed by atoms with Gasteiger partial charge in [-0.15, -0.1) is 0 Å². The quantitative estimate of drug-likeness (QED) is 0.867. The Bertz CT molecular complexity index is 328. The highest BCUT2D eigenvalue weighted by Crippen LogP contribution is 2.24. The molecule has 0 saturated carbocycles. The number of rotatable bonds is 4.